The van der Waals surface area contributed by atoms with Gasteiger partial charge in [0.25, 0.3) is 0 Å². The van der Waals surface area contributed by atoms with E-state index >= 15 is 0 Å². The summed E-state index contributed by atoms with van der Waals surface area (Å²) in [6, 6.07) is 0. The highest BCUT2D eigenvalue weighted by Crippen LogP contribution is 2.78. The lowest BCUT2D eigenvalue weighted by molar-refractivity contribution is -0.243. The second-order valence-electron chi connectivity index (χ2n) is 15.4. The summed E-state index contributed by atoms with van der Waals surface area (Å²) in [5, 5.41) is 11.0. The second kappa shape index (κ2) is 6.55. The van der Waals surface area contributed by atoms with Crippen LogP contribution < -0.4 is 0 Å². The molecule has 0 aliphatic heterocycles. The molecular formula is C30H52O. The maximum Gasteiger partial charge on any atom is 0.0622 e. The topological polar surface area (TPSA) is 20.2 Å². The fourth-order valence-corrected chi connectivity index (χ4v) is 12.1. The van der Waals surface area contributed by atoms with Crippen LogP contribution in [0.3, 0.4) is 0 Å². The molecule has 5 aliphatic rings. The Hall–Kier alpha value is -0.0400. The monoisotopic (exact) mass is 428 g/mol. The van der Waals surface area contributed by atoms with E-state index in [1.54, 1.807) is 0 Å². The molecule has 0 aromatic rings. The van der Waals surface area contributed by atoms with Gasteiger partial charge in [-0.15, -0.1) is 0 Å². The molecular weight excluding hydrogens is 376 g/mol. The molecule has 1 heteroatoms. The highest BCUT2D eigenvalue weighted by molar-refractivity contribution is 5.19. The molecule has 9 atom stereocenters. The van der Waals surface area contributed by atoms with E-state index < -0.39 is 5.60 Å². The van der Waals surface area contributed by atoms with E-state index in [0.717, 1.165) is 23.7 Å². The first-order valence-electron chi connectivity index (χ1n) is 13.9. The Morgan fingerprint density at radius 2 is 1.19 bits per heavy atom. The molecule has 0 spiro atoms. The van der Waals surface area contributed by atoms with Crippen molar-refractivity contribution in [3.05, 3.63) is 0 Å². The molecule has 5 fully saturated rings. The van der Waals surface area contributed by atoms with Crippen molar-refractivity contribution in [2.75, 3.05) is 0 Å². The molecule has 0 amide bonds. The predicted molar refractivity (Wildman–Crippen MR) is 131 cm³/mol. The molecule has 5 aliphatic carbocycles. The van der Waals surface area contributed by atoms with Gasteiger partial charge in [-0.25, -0.2) is 0 Å². The Bertz CT molecular complexity index is 731. The van der Waals surface area contributed by atoms with Crippen LogP contribution in [0.4, 0.5) is 0 Å². The molecule has 1 N–H and O–H groups in total. The number of hydrogen-bond donors (Lipinski definition) is 1. The lowest BCUT2D eigenvalue weighted by Gasteiger charge is -2.73. The van der Waals surface area contributed by atoms with E-state index in [-0.39, 0.29) is 0 Å². The smallest absolute Gasteiger partial charge is 0.0622 e. The Labute approximate surface area is 193 Å². The van der Waals surface area contributed by atoms with Gasteiger partial charge in [-0.1, -0.05) is 48.0 Å². The number of rotatable bonds is 1. The molecule has 1 nitrogen and oxygen atoms in total. The van der Waals surface area contributed by atoms with Crippen molar-refractivity contribution in [3.63, 3.8) is 0 Å². The van der Waals surface area contributed by atoms with Gasteiger partial charge < -0.3 is 5.11 Å². The molecule has 178 valence electrons. The highest BCUT2D eigenvalue weighted by atomic mass is 16.3. The van der Waals surface area contributed by atoms with E-state index in [0.29, 0.717) is 33.0 Å². The Balaban J connectivity index is 1.52. The van der Waals surface area contributed by atoms with Crippen LogP contribution in [0, 0.1) is 56.7 Å². The SMILES string of the molecule is CC(C)(O)[C@H]1CC[C@]2(C)[C@H]3CC[C@@H]4[C@@]5(C)CCCC(C)(C)[C@H]5CC[C@@]4(C)[C@]3(C)CC[C@@H]12. The van der Waals surface area contributed by atoms with Crippen molar-refractivity contribution in [1.82, 2.24) is 0 Å². The molecule has 0 radical (unpaired) electrons. The summed E-state index contributed by atoms with van der Waals surface area (Å²) in [4.78, 5) is 0. The van der Waals surface area contributed by atoms with Crippen molar-refractivity contribution in [3.8, 4) is 0 Å². The maximum atomic E-state index is 11.0. The summed E-state index contributed by atoms with van der Waals surface area (Å²) >= 11 is 0. The van der Waals surface area contributed by atoms with Crippen LogP contribution in [-0.2, 0) is 0 Å². The Morgan fingerprint density at radius 3 is 1.81 bits per heavy atom. The summed E-state index contributed by atoms with van der Waals surface area (Å²) in [6.45, 7) is 20.3. The van der Waals surface area contributed by atoms with Gasteiger partial charge in [0.2, 0.25) is 0 Å². The summed E-state index contributed by atoms with van der Waals surface area (Å²) in [5.41, 5.74) is 1.97. The van der Waals surface area contributed by atoms with Crippen LogP contribution in [0.25, 0.3) is 0 Å². The van der Waals surface area contributed by atoms with Gasteiger partial charge in [-0.2, -0.15) is 0 Å². The van der Waals surface area contributed by atoms with Crippen LogP contribution in [-0.4, -0.2) is 10.7 Å². The summed E-state index contributed by atoms with van der Waals surface area (Å²) in [6.07, 6.45) is 15.5. The van der Waals surface area contributed by atoms with Gasteiger partial charge in [0.05, 0.1) is 5.60 Å². The van der Waals surface area contributed by atoms with E-state index in [4.69, 9.17) is 0 Å². The Kier molecular flexibility index (Phi) is 4.80. The first kappa shape index (κ1) is 22.7. The maximum absolute atomic E-state index is 11.0. The first-order valence-corrected chi connectivity index (χ1v) is 13.9. The van der Waals surface area contributed by atoms with Crippen molar-refractivity contribution in [1.29, 1.82) is 0 Å². The van der Waals surface area contributed by atoms with Crippen LogP contribution in [0.2, 0.25) is 0 Å². The summed E-state index contributed by atoms with van der Waals surface area (Å²) in [5.74, 6) is 3.91. The molecule has 5 saturated carbocycles. The van der Waals surface area contributed by atoms with Crippen LogP contribution in [0.5, 0.6) is 0 Å². The minimum absolute atomic E-state index is 0.440. The Morgan fingerprint density at radius 1 is 0.613 bits per heavy atom. The first-order chi connectivity index (χ1) is 14.2. The predicted octanol–water partition coefficient (Wildman–Crippen LogP) is 8.25. The van der Waals surface area contributed by atoms with Crippen molar-refractivity contribution < 1.29 is 5.11 Å². The van der Waals surface area contributed by atoms with Crippen LogP contribution >= 0.6 is 0 Å². The molecule has 31 heavy (non-hydrogen) atoms. The van der Waals surface area contributed by atoms with E-state index in [2.05, 4.69) is 55.4 Å². The van der Waals surface area contributed by atoms with Crippen LogP contribution in [0.1, 0.15) is 126 Å². The van der Waals surface area contributed by atoms with Crippen LogP contribution in [0.15, 0.2) is 0 Å². The summed E-state index contributed by atoms with van der Waals surface area (Å²) < 4.78 is 0. The van der Waals surface area contributed by atoms with Crippen molar-refractivity contribution >= 4 is 0 Å². The van der Waals surface area contributed by atoms with Gasteiger partial charge in [-0.3, -0.25) is 0 Å². The average Bonchev–Trinajstić information content (AvgIpc) is 2.99. The fraction of sp³-hybridized carbons (Fsp3) is 1.00. The van der Waals surface area contributed by atoms with E-state index in [1.807, 2.05) is 0 Å². The van der Waals surface area contributed by atoms with E-state index in [9.17, 15) is 5.11 Å². The van der Waals surface area contributed by atoms with Crippen molar-refractivity contribution in [2.45, 2.75) is 132 Å². The lowest BCUT2D eigenvalue weighted by atomic mass is 9.32. The van der Waals surface area contributed by atoms with E-state index in [1.165, 1.54) is 70.6 Å². The second-order valence-corrected chi connectivity index (χ2v) is 15.4. The average molecular weight is 429 g/mol. The number of hydrogen-bond acceptors (Lipinski definition) is 1. The lowest BCUT2D eigenvalue weighted by Crippen LogP contribution is -2.66. The molecule has 0 bridgehead atoms. The van der Waals surface area contributed by atoms with Gasteiger partial charge >= 0.3 is 0 Å². The third-order valence-corrected chi connectivity index (χ3v) is 13.6. The largest absolute Gasteiger partial charge is 0.390 e. The quantitative estimate of drug-likeness (QED) is 0.445. The molecule has 5 rings (SSSR count). The van der Waals surface area contributed by atoms with Gasteiger partial charge in [0.1, 0.15) is 0 Å². The normalized spacial score (nSPS) is 56.2. The molecule has 0 saturated heterocycles. The number of aliphatic hydroxyl groups is 1. The zero-order valence-electron chi connectivity index (χ0n) is 22.1. The number of fused-ring (bicyclic) bond motifs is 7. The fourth-order valence-electron chi connectivity index (χ4n) is 12.1. The molecule has 0 aromatic carbocycles. The molecule has 0 aromatic heterocycles. The van der Waals surface area contributed by atoms with Gasteiger partial charge in [-0.05, 0) is 135 Å². The summed E-state index contributed by atoms with van der Waals surface area (Å²) in [7, 11) is 0. The molecule has 0 heterocycles. The zero-order chi connectivity index (χ0) is 22.7. The third kappa shape index (κ3) is 2.77. The molecule has 0 unspecified atom stereocenters. The minimum Gasteiger partial charge on any atom is -0.390 e. The highest BCUT2D eigenvalue weighted by Gasteiger charge is 2.70. The third-order valence-electron chi connectivity index (χ3n) is 13.6. The van der Waals surface area contributed by atoms with Crippen molar-refractivity contribution in [2.24, 2.45) is 56.7 Å². The van der Waals surface area contributed by atoms with Gasteiger partial charge in [0.15, 0.2) is 0 Å². The van der Waals surface area contributed by atoms with Gasteiger partial charge in [0, 0.05) is 0 Å². The minimum atomic E-state index is -0.517. The zero-order valence-corrected chi connectivity index (χ0v) is 22.1. The standard InChI is InChI=1S/C30H52O/c1-25(2)15-9-16-28(6)22(25)14-19-30(8)24(28)11-10-23-27(5)17-12-20(26(3,4)31)21(27)13-18-29(23,30)7/h20-24,31H,9-19H2,1-8H3/t20-,21-,22+,23+,24+,27-,28-,29+,30+/m0/s1.